The van der Waals surface area contributed by atoms with Crippen LogP contribution in [0.1, 0.15) is 21.5 Å². The van der Waals surface area contributed by atoms with Crippen molar-refractivity contribution in [3.63, 3.8) is 0 Å². The summed E-state index contributed by atoms with van der Waals surface area (Å²) in [5, 5.41) is 7.63. The quantitative estimate of drug-likeness (QED) is 0.763. The van der Waals surface area contributed by atoms with Crippen LogP contribution in [0.5, 0.6) is 0 Å². The summed E-state index contributed by atoms with van der Waals surface area (Å²) in [5.74, 6) is -0.510. The van der Waals surface area contributed by atoms with Crippen LogP contribution in [0.4, 0.5) is 5.69 Å². The first-order valence-corrected chi connectivity index (χ1v) is 8.17. The summed E-state index contributed by atoms with van der Waals surface area (Å²) in [6.45, 7) is 3.88. The predicted octanol–water partition coefficient (Wildman–Crippen LogP) is 3.83. The Labute approximate surface area is 146 Å². The van der Waals surface area contributed by atoms with E-state index in [1.54, 1.807) is 6.07 Å². The molecule has 0 saturated carbocycles. The molecular weight excluding hydrogens is 312 g/mol. The molecule has 0 aliphatic carbocycles. The van der Waals surface area contributed by atoms with E-state index < -0.39 is 0 Å². The monoisotopic (exact) mass is 332 g/mol. The molecule has 0 saturated heterocycles. The fourth-order valence-corrected chi connectivity index (χ4v) is 2.62. The molecule has 0 atom stereocenters. The average Bonchev–Trinajstić information content (AvgIpc) is 2.62. The number of hydrogen-bond acceptors (Lipinski definition) is 2. The number of amides is 2. The van der Waals surface area contributed by atoms with E-state index in [1.165, 1.54) is 0 Å². The third kappa shape index (κ3) is 4.04. The Morgan fingerprint density at radius 1 is 0.840 bits per heavy atom. The Morgan fingerprint density at radius 3 is 2.36 bits per heavy atom. The molecule has 0 unspecified atom stereocenters. The molecule has 4 nitrogen and oxygen atoms in total. The number of carbonyl (C=O) groups is 2. The van der Waals surface area contributed by atoms with Gasteiger partial charge in [0.05, 0.1) is 6.54 Å². The van der Waals surface area contributed by atoms with Gasteiger partial charge in [0.15, 0.2) is 0 Å². The van der Waals surface area contributed by atoms with E-state index in [2.05, 4.69) is 10.6 Å². The maximum atomic E-state index is 12.1. The summed E-state index contributed by atoms with van der Waals surface area (Å²) in [5.41, 5.74) is 3.45. The van der Waals surface area contributed by atoms with Crippen LogP contribution >= 0.6 is 0 Å². The number of benzene rings is 3. The lowest BCUT2D eigenvalue weighted by Gasteiger charge is -2.09. The summed E-state index contributed by atoms with van der Waals surface area (Å²) in [6, 6.07) is 19.2. The predicted molar refractivity (Wildman–Crippen MR) is 101 cm³/mol. The second kappa shape index (κ2) is 7.18. The molecule has 0 heterocycles. The van der Waals surface area contributed by atoms with Gasteiger partial charge in [0.25, 0.3) is 5.91 Å². The van der Waals surface area contributed by atoms with Crippen LogP contribution in [0.15, 0.2) is 60.7 Å². The van der Waals surface area contributed by atoms with Gasteiger partial charge in [-0.25, -0.2) is 0 Å². The average molecular weight is 332 g/mol. The zero-order valence-corrected chi connectivity index (χ0v) is 14.3. The Balaban J connectivity index is 1.59. The molecule has 25 heavy (non-hydrogen) atoms. The molecule has 2 amide bonds. The van der Waals surface area contributed by atoms with E-state index in [0.29, 0.717) is 11.3 Å². The maximum absolute atomic E-state index is 12.1. The van der Waals surface area contributed by atoms with E-state index in [0.717, 1.165) is 21.9 Å². The highest BCUT2D eigenvalue weighted by Crippen LogP contribution is 2.18. The first kappa shape index (κ1) is 16.7. The van der Waals surface area contributed by atoms with Gasteiger partial charge in [-0.05, 0) is 60.0 Å². The molecule has 0 aliphatic rings. The molecule has 0 fully saturated rings. The molecule has 3 aromatic rings. The summed E-state index contributed by atoms with van der Waals surface area (Å²) < 4.78 is 0. The second-order valence-electron chi connectivity index (χ2n) is 6.09. The van der Waals surface area contributed by atoms with Crippen LogP contribution in [0.2, 0.25) is 0 Å². The van der Waals surface area contributed by atoms with E-state index in [-0.39, 0.29) is 18.4 Å². The van der Waals surface area contributed by atoms with E-state index in [4.69, 9.17) is 0 Å². The zero-order chi connectivity index (χ0) is 17.8. The number of aryl methyl sites for hydroxylation is 2. The Morgan fingerprint density at radius 2 is 1.60 bits per heavy atom. The van der Waals surface area contributed by atoms with Crippen molar-refractivity contribution >= 4 is 28.3 Å². The number of hydrogen-bond donors (Lipinski definition) is 2. The molecule has 0 radical (unpaired) electrons. The Hall–Kier alpha value is -3.14. The van der Waals surface area contributed by atoms with Crippen molar-refractivity contribution in [3.8, 4) is 0 Å². The number of nitrogens with one attached hydrogen (secondary N) is 2. The fraction of sp³-hybridized carbons (Fsp3) is 0.143. The second-order valence-corrected chi connectivity index (χ2v) is 6.09. The van der Waals surface area contributed by atoms with Crippen molar-refractivity contribution in [2.24, 2.45) is 0 Å². The van der Waals surface area contributed by atoms with Crippen LogP contribution in [-0.2, 0) is 4.79 Å². The number of anilines is 1. The molecule has 126 valence electrons. The third-order valence-electron chi connectivity index (χ3n) is 4.21. The first-order valence-electron chi connectivity index (χ1n) is 8.17. The lowest BCUT2D eigenvalue weighted by Crippen LogP contribution is -2.32. The number of fused-ring (bicyclic) bond motifs is 1. The van der Waals surface area contributed by atoms with Gasteiger partial charge in [-0.3, -0.25) is 9.59 Å². The highest BCUT2D eigenvalue weighted by molar-refractivity contribution is 6.00. The summed E-state index contributed by atoms with van der Waals surface area (Å²) >= 11 is 0. The highest BCUT2D eigenvalue weighted by Gasteiger charge is 2.09. The Bertz CT molecular complexity index is 948. The van der Waals surface area contributed by atoms with Crippen molar-refractivity contribution in [2.45, 2.75) is 13.8 Å². The van der Waals surface area contributed by atoms with Gasteiger partial charge in [-0.15, -0.1) is 0 Å². The summed E-state index contributed by atoms with van der Waals surface area (Å²) in [6.07, 6.45) is 0. The minimum atomic E-state index is -0.257. The number of rotatable bonds is 4. The smallest absolute Gasteiger partial charge is 0.251 e. The minimum Gasteiger partial charge on any atom is -0.343 e. The van der Waals surface area contributed by atoms with E-state index >= 15 is 0 Å². The van der Waals surface area contributed by atoms with Crippen LogP contribution < -0.4 is 10.6 Å². The van der Waals surface area contributed by atoms with Gasteiger partial charge in [0.1, 0.15) is 0 Å². The van der Waals surface area contributed by atoms with Gasteiger partial charge in [-0.1, -0.05) is 36.4 Å². The lowest BCUT2D eigenvalue weighted by molar-refractivity contribution is -0.115. The van der Waals surface area contributed by atoms with Crippen LogP contribution in [-0.4, -0.2) is 18.4 Å². The molecule has 0 aromatic heterocycles. The van der Waals surface area contributed by atoms with Crippen molar-refractivity contribution in [1.82, 2.24) is 5.32 Å². The van der Waals surface area contributed by atoms with Crippen LogP contribution in [0.25, 0.3) is 10.8 Å². The zero-order valence-electron chi connectivity index (χ0n) is 14.3. The molecule has 4 heteroatoms. The van der Waals surface area contributed by atoms with Crippen molar-refractivity contribution in [3.05, 3.63) is 77.4 Å². The Kier molecular flexibility index (Phi) is 4.80. The molecule has 3 aromatic carbocycles. The SMILES string of the molecule is Cc1ccc(C(=O)NCC(=O)Nc2ccc3ccccc3c2)cc1C. The molecule has 3 rings (SSSR count). The molecule has 0 aliphatic heterocycles. The van der Waals surface area contributed by atoms with Crippen molar-refractivity contribution < 1.29 is 9.59 Å². The molecular formula is C21H20N2O2. The van der Waals surface area contributed by atoms with Crippen LogP contribution in [0.3, 0.4) is 0 Å². The van der Waals surface area contributed by atoms with Gasteiger partial charge in [-0.2, -0.15) is 0 Å². The standard InChI is InChI=1S/C21H20N2O2/c1-14-7-8-18(11-15(14)2)21(25)22-13-20(24)23-19-10-9-16-5-3-4-6-17(16)12-19/h3-12H,13H2,1-2H3,(H,22,25)(H,23,24). The first-order chi connectivity index (χ1) is 12.0. The van der Waals surface area contributed by atoms with Gasteiger partial charge < -0.3 is 10.6 Å². The largest absolute Gasteiger partial charge is 0.343 e. The summed E-state index contributed by atoms with van der Waals surface area (Å²) in [4.78, 5) is 24.2. The van der Waals surface area contributed by atoms with Crippen LogP contribution in [0, 0.1) is 13.8 Å². The minimum absolute atomic E-state index is 0.0708. The third-order valence-corrected chi connectivity index (χ3v) is 4.21. The molecule has 2 N–H and O–H groups in total. The van der Waals surface area contributed by atoms with Crippen molar-refractivity contribution in [1.29, 1.82) is 0 Å². The molecule has 0 spiro atoms. The van der Waals surface area contributed by atoms with Crippen molar-refractivity contribution in [2.75, 3.05) is 11.9 Å². The number of carbonyl (C=O) groups excluding carboxylic acids is 2. The maximum Gasteiger partial charge on any atom is 0.251 e. The molecule has 0 bridgehead atoms. The normalized spacial score (nSPS) is 10.5. The van der Waals surface area contributed by atoms with E-state index in [1.807, 2.05) is 68.4 Å². The highest BCUT2D eigenvalue weighted by atomic mass is 16.2. The van der Waals surface area contributed by atoms with Gasteiger partial charge in [0, 0.05) is 11.3 Å². The van der Waals surface area contributed by atoms with Gasteiger partial charge in [0.2, 0.25) is 5.91 Å². The topological polar surface area (TPSA) is 58.2 Å². The van der Waals surface area contributed by atoms with E-state index in [9.17, 15) is 9.59 Å². The van der Waals surface area contributed by atoms with Gasteiger partial charge >= 0.3 is 0 Å². The summed E-state index contributed by atoms with van der Waals surface area (Å²) in [7, 11) is 0. The lowest BCUT2D eigenvalue weighted by atomic mass is 10.1. The fourth-order valence-electron chi connectivity index (χ4n) is 2.62.